The van der Waals surface area contributed by atoms with Crippen LogP contribution in [0.15, 0.2) is 6.07 Å². The predicted molar refractivity (Wildman–Crippen MR) is 72.5 cm³/mol. The van der Waals surface area contributed by atoms with E-state index in [1.54, 1.807) is 0 Å². The smallest absolute Gasteiger partial charge is 0.0826 e. The van der Waals surface area contributed by atoms with Gasteiger partial charge in [-0.25, -0.2) is 0 Å². The van der Waals surface area contributed by atoms with Crippen molar-refractivity contribution >= 4 is 11.8 Å². The van der Waals surface area contributed by atoms with E-state index in [2.05, 4.69) is 31.9 Å². The van der Waals surface area contributed by atoms with Gasteiger partial charge in [-0.15, -0.1) is 0 Å². The fraction of sp³-hybridized carbons (Fsp3) is 0.769. The van der Waals surface area contributed by atoms with Crippen LogP contribution in [0.2, 0.25) is 0 Å². The molecule has 1 N–H and O–H groups in total. The number of aromatic nitrogens is 2. The molecule has 4 heteroatoms. The van der Waals surface area contributed by atoms with E-state index in [-0.39, 0.29) is 0 Å². The van der Waals surface area contributed by atoms with Crippen molar-refractivity contribution in [2.45, 2.75) is 57.4 Å². The summed E-state index contributed by atoms with van der Waals surface area (Å²) in [5.74, 6) is 1.07. The Labute approximate surface area is 108 Å². The van der Waals surface area contributed by atoms with Gasteiger partial charge in [0.05, 0.1) is 11.3 Å². The summed E-state index contributed by atoms with van der Waals surface area (Å²) in [7, 11) is 0. The molecule has 1 fully saturated rings. The lowest BCUT2D eigenvalue weighted by Crippen LogP contribution is -2.37. The summed E-state index contributed by atoms with van der Waals surface area (Å²) in [6.45, 7) is 7.24. The zero-order chi connectivity index (χ0) is 12.5. The van der Waals surface area contributed by atoms with Gasteiger partial charge in [0.1, 0.15) is 0 Å². The number of hydrogen-bond donors (Lipinski definition) is 1. The van der Waals surface area contributed by atoms with Crippen LogP contribution in [-0.2, 0) is 19.4 Å². The second-order valence-electron chi connectivity index (χ2n) is 4.84. The largest absolute Gasteiger partial charge is 0.388 e. The van der Waals surface area contributed by atoms with Gasteiger partial charge in [0.15, 0.2) is 0 Å². The number of aryl methyl sites for hydroxylation is 2. The van der Waals surface area contributed by atoms with E-state index in [0.29, 0.717) is 5.25 Å². The first-order valence-corrected chi connectivity index (χ1v) is 7.53. The molecule has 0 aliphatic carbocycles. The lowest BCUT2D eigenvalue weighted by Gasteiger charge is -2.26. The van der Waals surface area contributed by atoms with Crippen LogP contribution in [0.5, 0.6) is 0 Å². The molecule has 2 unspecified atom stereocenters. The molecule has 0 bridgehead atoms. The third kappa shape index (κ3) is 2.52. The maximum atomic E-state index is 10.7. The SMILES string of the molecule is CCc1cc(CC2(O)CCSC2C)n(CC)n1. The van der Waals surface area contributed by atoms with E-state index in [9.17, 15) is 5.11 Å². The second kappa shape index (κ2) is 5.02. The van der Waals surface area contributed by atoms with Crippen molar-refractivity contribution < 1.29 is 5.11 Å². The van der Waals surface area contributed by atoms with Gasteiger partial charge in [0.25, 0.3) is 0 Å². The van der Waals surface area contributed by atoms with E-state index in [0.717, 1.165) is 37.3 Å². The maximum absolute atomic E-state index is 10.7. The molecule has 2 atom stereocenters. The van der Waals surface area contributed by atoms with E-state index in [4.69, 9.17) is 0 Å². The molecule has 0 radical (unpaired) electrons. The van der Waals surface area contributed by atoms with Crippen LogP contribution in [0.25, 0.3) is 0 Å². The molecule has 2 rings (SSSR count). The third-order valence-corrected chi connectivity index (χ3v) is 5.10. The molecule has 1 aliphatic heterocycles. The average Bonchev–Trinajstić information content (AvgIpc) is 2.84. The highest BCUT2D eigenvalue weighted by atomic mass is 32.2. The lowest BCUT2D eigenvalue weighted by molar-refractivity contribution is 0.0444. The van der Waals surface area contributed by atoms with Crippen LogP contribution in [0.3, 0.4) is 0 Å². The van der Waals surface area contributed by atoms with Crippen molar-refractivity contribution in [3.05, 3.63) is 17.5 Å². The van der Waals surface area contributed by atoms with Crippen LogP contribution in [0, 0.1) is 0 Å². The topological polar surface area (TPSA) is 38.0 Å². The molecule has 0 saturated carbocycles. The fourth-order valence-corrected chi connectivity index (χ4v) is 3.76. The summed E-state index contributed by atoms with van der Waals surface area (Å²) >= 11 is 1.87. The molecule has 96 valence electrons. The number of rotatable bonds is 4. The Morgan fingerprint density at radius 3 is 2.88 bits per heavy atom. The summed E-state index contributed by atoms with van der Waals surface area (Å²) in [6.07, 6.45) is 2.60. The van der Waals surface area contributed by atoms with E-state index >= 15 is 0 Å². The molecule has 1 aliphatic rings. The second-order valence-corrected chi connectivity index (χ2v) is 6.29. The van der Waals surface area contributed by atoms with Crippen molar-refractivity contribution in [3.8, 4) is 0 Å². The minimum Gasteiger partial charge on any atom is -0.388 e. The highest BCUT2D eigenvalue weighted by molar-refractivity contribution is 8.00. The van der Waals surface area contributed by atoms with Crippen LogP contribution in [0.1, 0.15) is 38.6 Å². The van der Waals surface area contributed by atoms with Gasteiger partial charge in [-0.1, -0.05) is 13.8 Å². The Kier molecular flexibility index (Phi) is 3.83. The van der Waals surface area contributed by atoms with Gasteiger partial charge in [0, 0.05) is 23.9 Å². The summed E-state index contributed by atoms with van der Waals surface area (Å²) in [6, 6.07) is 2.15. The lowest BCUT2D eigenvalue weighted by atomic mass is 9.91. The molecule has 3 nitrogen and oxygen atoms in total. The molecular formula is C13H22N2OS. The van der Waals surface area contributed by atoms with Gasteiger partial charge >= 0.3 is 0 Å². The zero-order valence-electron chi connectivity index (χ0n) is 10.9. The standard InChI is InChI=1S/C13H22N2OS/c1-4-11-8-12(15(5-2)14-11)9-13(16)6-7-17-10(13)3/h8,10,16H,4-7,9H2,1-3H3. The van der Waals surface area contributed by atoms with Gasteiger partial charge in [-0.05, 0) is 31.6 Å². The quantitative estimate of drug-likeness (QED) is 0.895. The summed E-state index contributed by atoms with van der Waals surface area (Å²) in [5.41, 5.74) is 1.77. The van der Waals surface area contributed by atoms with Crippen molar-refractivity contribution in [3.63, 3.8) is 0 Å². The molecule has 1 aromatic heterocycles. The monoisotopic (exact) mass is 254 g/mol. The summed E-state index contributed by atoms with van der Waals surface area (Å²) < 4.78 is 2.03. The maximum Gasteiger partial charge on any atom is 0.0826 e. The Morgan fingerprint density at radius 2 is 2.35 bits per heavy atom. The van der Waals surface area contributed by atoms with E-state index in [1.807, 2.05) is 16.4 Å². The normalized spacial score (nSPS) is 28.8. The molecule has 2 heterocycles. The van der Waals surface area contributed by atoms with Crippen LogP contribution in [0.4, 0.5) is 0 Å². The number of thioether (sulfide) groups is 1. The molecule has 0 aromatic carbocycles. The first kappa shape index (κ1) is 13.0. The molecule has 1 saturated heterocycles. The van der Waals surface area contributed by atoms with Crippen LogP contribution >= 0.6 is 11.8 Å². The Balaban J connectivity index is 2.20. The number of nitrogens with zero attached hydrogens (tertiary/aromatic N) is 2. The molecule has 0 amide bonds. The molecule has 1 aromatic rings. The van der Waals surface area contributed by atoms with E-state index < -0.39 is 5.60 Å². The molecule has 17 heavy (non-hydrogen) atoms. The van der Waals surface area contributed by atoms with Crippen LogP contribution in [-0.4, -0.2) is 31.5 Å². The van der Waals surface area contributed by atoms with Gasteiger partial charge in [-0.2, -0.15) is 16.9 Å². The molecular weight excluding hydrogens is 232 g/mol. The highest BCUT2D eigenvalue weighted by Gasteiger charge is 2.39. The van der Waals surface area contributed by atoms with Crippen molar-refractivity contribution in [1.82, 2.24) is 9.78 Å². The minimum atomic E-state index is -0.539. The van der Waals surface area contributed by atoms with Crippen LogP contribution < -0.4 is 0 Å². The first-order chi connectivity index (χ1) is 8.09. The Bertz CT molecular complexity index is 391. The van der Waals surface area contributed by atoms with Gasteiger partial charge < -0.3 is 5.11 Å². The first-order valence-electron chi connectivity index (χ1n) is 6.48. The molecule has 0 spiro atoms. The fourth-order valence-electron chi connectivity index (χ4n) is 2.42. The number of hydrogen-bond acceptors (Lipinski definition) is 3. The van der Waals surface area contributed by atoms with Crippen molar-refractivity contribution in [2.75, 3.05) is 5.75 Å². The minimum absolute atomic E-state index is 0.327. The van der Waals surface area contributed by atoms with Gasteiger partial charge in [-0.3, -0.25) is 4.68 Å². The third-order valence-electron chi connectivity index (χ3n) is 3.72. The highest BCUT2D eigenvalue weighted by Crippen LogP contribution is 2.37. The van der Waals surface area contributed by atoms with Gasteiger partial charge in [0.2, 0.25) is 0 Å². The average molecular weight is 254 g/mol. The predicted octanol–water partition coefficient (Wildman–Crippen LogP) is 2.26. The zero-order valence-corrected chi connectivity index (χ0v) is 11.8. The van der Waals surface area contributed by atoms with E-state index in [1.165, 1.54) is 5.69 Å². The van der Waals surface area contributed by atoms with Crippen molar-refractivity contribution in [2.24, 2.45) is 0 Å². The number of aliphatic hydroxyl groups is 1. The Morgan fingerprint density at radius 1 is 1.59 bits per heavy atom. The Hall–Kier alpha value is -0.480. The van der Waals surface area contributed by atoms with Crippen molar-refractivity contribution in [1.29, 1.82) is 0 Å². The summed E-state index contributed by atoms with van der Waals surface area (Å²) in [4.78, 5) is 0. The summed E-state index contributed by atoms with van der Waals surface area (Å²) in [5, 5.41) is 15.5.